The summed E-state index contributed by atoms with van der Waals surface area (Å²) >= 11 is 0. The smallest absolute Gasteiger partial charge is 0.221 e. The standard InChI is InChI=1S/C13H26N2O2/c1-13(2,3)11(14)8-12(16)15-9-10-4-6-17-7-5-10/h10-11H,4-9,14H2,1-3H3,(H,15,16). The maximum Gasteiger partial charge on any atom is 0.221 e. The molecule has 0 aromatic carbocycles. The highest BCUT2D eigenvalue weighted by atomic mass is 16.5. The second-order valence-electron chi connectivity index (χ2n) is 6.04. The number of nitrogens with one attached hydrogen (secondary N) is 1. The molecule has 1 aliphatic heterocycles. The highest BCUT2D eigenvalue weighted by molar-refractivity contribution is 5.76. The third-order valence-corrected chi connectivity index (χ3v) is 3.45. The number of carbonyl (C=O) groups is 1. The minimum Gasteiger partial charge on any atom is -0.381 e. The molecule has 1 amide bonds. The highest BCUT2D eigenvalue weighted by Gasteiger charge is 2.23. The predicted octanol–water partition coefficient (Wildman–Crippen LogP) is 1.29. The van der Waals surface area contributed by atoms with Crippen LogP contribution in [0.5, 0.6) is 0 Å². The molecule has 1 saturated heterocycles. The molecule has 0 saturated carbocycles. The van der Waals surface area contributed by atoms with Crippen LogP contribution in [0.25, 0.3) is 0 Å². The van der Waals surface area contributed by atoms with Crippen molar-refractivity contribution in [3.8, 4) is 0 Å². The number of amides is 1. The molecule has 0 aromatic rings. The lowest BCUT2D eigenvalue weighted by Gasteiger charge is -2.27. The zero-order chi connectivity index (χ0) is 12.9. The fourth-order valence-electron chi connectivity index (χ4n) is 1.79. The van der Waals surface area contributed by atoms with E-state index in [2.05, 4.69) is 26.1 Å². The lowest BCUT2D eigenvalue weighted by atomic mass is 9.85. The van der Waals surface area contributed by atoms with Crippen molar-refractivity contribution >= 4 is 5.91 Å². The number of hydrogen-bond acceptors (Lipinski definition) is 3. The SMILES string of the molecule is CC(C)(C)C(N)CC(=O)NCC1CCOCC1. The van der Waals surface area contributed by atoms with E-state index in [0.717, 1.165) is 32.6 Å². The fraction of sp³-hybridized carbons (Fsp3) is 0.923. The zero-order valence-electron chi connectivity index (χ0n) is 11.3. The molecule has 100 valence electrons. The zero-order valence-corrected chi connectivity index (χ0v) is 11.3. The molecular weight excluding hydrogens is 216 g/mol. The van der Waals surface area contributed by atoms with E-state index in [1.807, 2.05) is 0 Å². The average Bonchev–Trinajstić information content (AvgIpc) is 2.26. The summed E-state index contributed by atoms with van der Waals surface area (Å²) in [6, 6.07) is -0.0859. The Morgan fingerprint density at radius 2 is 2.00 bits per heavy atom. The molecule has 1 unspecified atom stereocenters. The van der Waals surface area contributed by atoms with Crippen molar-refractivity contribution < 1.29 is 9.53 Å². The van der Waals surface area contributed by atoms with Crippen molar-refractivity contribution in [2.45, 2.75) is 46.1 Å². The van der Waals surface area contributed by atoms with Crippen LogP contribution in [0, 0.1) is 11.3 Å². The third kappa shape index (κ3) is 5.50. The Bertz CT molecular complexity index is 242. The van der Waals surface area contributed by atoms with E-state index in [9.17, 15) is 4.79 Å². The Kier molecular flexibility index (Phi) is 5.40. The van der Waals surface area contributed by atoms with Crippen molar-refractivity contribution in [3.05, 3.63) is 0 Å². The van der Waals surface area contributed by atoms with Crippen LogP contribution in [-0.2, 0) is 9.53 Å². The van der Waals surface area contributed by atoms with Crippen LogP contribution in [0.1, 0.15) is 40.0 Å². The number of nitrogens with two attached hydrogens (primary N) is 1. The number of ether oxygens (including phenoxy) is 1. The summed E-state index contributed by atoms with van der Waals surface area (Å²) in [6.07, 6.45) is 2.50. The van der Waals surface area contributed by atoms with Gasteiger partial charge in [0.2, 0.25) is 5.91 Å². The van der Waals surface area contributed by atoms with Crippen molar-refractivity contribution in [3.63, 3.8) is 0 Å². The van der Waals surface area contributed by atoms with Crippen LogP contribution in [0.2, 0.25) is 0 Å². The Morgan fingerprint density at radius 3 is 2.53 bits per heavy atom. The van der Waals surface area contributed by atoms with Crippen LogP contribution in [-0.4, -0.2) is 31.7 Å². The van der Waals surface area contributed by atoms with Gasteiger partial charge >= 0.3 is 0 Å². The number of rotatable bonds is 4. The molecule has 1 atom stereocenters. The number of carbonyl (C=O) groups excluding carboxylic acids is 1. The quantitative estimate of drug-likeness (QED) is 0.781. The monoisotopic (exact) mass is 242 g/mol. The van der Waals surface area contributed by atoms with Gasteiger partial charge in [-0.25, -0.2) is 0 Å². The normalized spacial score (nSPS) is 20.0. The van der Waals surface area contributed by atoms with Crippen molar-refractivity contribution in [2.24, 2.45) is 17.1 Å². The van der Waals surface area contributed by atoms with Gasteiger partial charge in [0.25, 0.3) is 0 Å². The maximum atomic E-state index is 11.7. The first-order chi connectivity index (χ1) is 7.89. The molecule has 3 N–H and O–H groups in total. The van der Waals surface area contributed by atoms with Gasteiger partial charge in [-0.05, 0) is 24.2 Å². The summed E-state index contributed by atoms with van der Waals surface area (Å²) in [6.45, 7) is 8.58. The van der Waals surface area contributed by atoms with Gasteiger partial charge in [0, 0.05) is 32.2 Å². The van der Waals surface area contributed by atoms with Gasteiger partial charge < -0.3 is 15.8 Å². The van der Waals surface area contributed by atoms with Gasteiger partial charge in [0.15, 0.2) is 0 Å². The van der Waals surface area contributed by atoms with Gasteiger partial charge in [-0.2, -0.15) is 0 Å². The minimum absolute atomic E-state index is 0.0178. The molecule has 0 bridgehead atoms. The van der Waals surface area contributed by atoms with Crippen LogP contribution < -0.4 is 11.1 Å². The van der Waals surface area contributed by atoms with Gasteiger partial charge in [0.1, 0.15) is 0 Å². The van der Waals surface area contributed by atoms with Crippen molar-refractivity contribution in [1.29, 1.82) is 0 Å². The molecule has 1 heterocycles. The minimum atomic E-state index is -0.0859. The van der Waals surface area contributed by atoms with E-state index < -0.39 is 0 Å². The Morgan fingerprint density at radius 1 is 1.41 bits per heavy atom. The largest absolute Gasteiger partial charge is 0.381 e. The second-order valence-corrected chi connectivity index (χ2v) is 6.04. The van der Waals surface area contributed by atoms with E-state index >= 15 is 0 Å². The van der Waals surface area contributed by atoms with Gasteiger partial charge in [0.05, 0.1) is 0 Å². The Labute approximate surface area is 104 Å². The molecule has 1 fully saturated rings. The first-order valence-corrected chi connectivity index (χ1v) is 6.49. The van der Waals surface area contributed by atoms with Crippen LogP contribution in [0.4, 0.5) is 0 Å². The molecular formula is C13H26N2O2. The Hall–Kier alpha value is -0.610. The van der Waals surface area contributed by atoms with E-state index in [1.54, 1.807) is 0 Å². The van der Waals surface area contributed by atoms with E-state index in [1.165, 1.54) is 0 Å². The van der Waals surface area contributed by atoms with Gasteiger partial charge in [-0.15, -0.1) is 0 Å². The Balaban J connectivity index is 2.20. The number of hydrogen-bond donors (Lipinski definition) is 2. The molecule has 1 aliphatic rings. The first kappa shape index (κ1) is 14.5. The molecule has 4 heteroatoms. The maximum absolute atomic E-state index is 11.7. The fourth-order valence-corrected chi connectivity index (χ4v) is 1.79. The van der Waals surface area contributed by atoms with E-state index in [0.29, 0.717) is 12.3 Å². The van der Waals surface area contributed by atoms with Crippen molar-refractivity contribution in [1.82, 2.24) is 5.32 Å². The summed E-state index contributed by atoms with van der Waals surface area (Å²) in [7, 11) is 0. The van der Waals surface area contributed by atoms with Crippen LogP contribution in [0.3, 0.4) is 0 Å². The van der Waals surface area contributed by atoms with E-state index in [4.69, 9.17) is 10.5 Å². The average molecular weight is 242 g/mol. The molecule has 1 rings (SSSR count). The van der Waals surface area contributed by atoms with Gasteiger partial charge in [-0.3, -0.25) is 4.79 Å². The lowest BCUT2D eigenvalue weighted by molar-refractivity contribution is -0.122. The lowest BCUT2D eigenvalue weighted by Crippen LogP contribution is -2.41. The summed E-state index contributed by atoms with van der Waals surface area (Å²) in [5.41, 5.74) is 5.96. The molecule has 17 heavy (non-hydrogen) atoms. The molecule has 4 nitrogen and oxygen atoms in total. The summed E-state index contributed by atoms with van der Waals surface area (Å²) in [5, 5.41) is 2.98. The van der Waals surface area contributed by atoms with Crippen LogP contribution in [0.15, 0.2) is 0 Å². The molecule has 0 spiro atoms. The summed E-state index contributed by atoms with van der Waals surface area (Å²) in [4.78, 5) is 11.7. The summed E-state index contributed by atoms with van der Waals surface area (Å²) < 4.78 is 5.28. The second kappa shape index (κ2) is 6.36. The first-order valence-electron chi connectivity index (χ1n) is 6.49. The predicted molar refractivity (Wildman–Crippen MR) is 68.6 cm³/mol. The molecule has 0 aliphatic carbocycles. The molecule has 0 aromatic heterocycles. The van der Waals surface area contributed by atoms with Crippen LogP contribution >= 0.6 is 0 Å². The molecule has 0 radical (unpaired) electrons. The van der Waals surface area contributed by atoms with Crippen molar-refractivity contribution in [2.75, 3.05) is 19.8 Å². The third-order valence-electron chi connectivity index (χ3n) is 3.45. The topological polar surface area (TPSA) is 64.4 Å². The van der Waals surface area contributed by atoms with Gasteiger partial charge in [-0.1, -0.05) is 20.8 Å². The summed E-state index contributed by atoms with van der Waals surface area (Å²) in [5.74, 6) is 0.637. The highest BCUT2D eigenvalue weighted by Crippen LogP contribution is 2.19. The van der Waals surface area contributed by atoms with E-state index in [-0.39, 0.29) is 17.4 Å².